The molecular formula is C18H19BrClN. The fourth-order valence-corrected chi connectivity index (χ4v) is 3.75. The van der Waals surface area contributed by atoms with Gasteiger partial charge in [0.05, 0.1) is 6.04 Å². The van der Waals surface area contributed by atoms with Gasteiger partial charge < -0.3 is 5.32 Å². The van der Waals surface area contributed by atoms with Crippen molar-refractivity contribution in [3.63, 3.8) is 0 Å². The average molecular weight is 365 g/mol. The molecule has 0 spiro atoms. The van der Waals surface area contributed by atoms with Crippen molar-refractivity contribution in [2.75, 3.05) is 5.32 Å². The van der Waals surface area contributed by atoms with Gasteiger partial charge in [-0.15, -0.1) is 0 Å². The van der Waals surface area contributed by atoms with Gasteiger partial charge in [-0.25, -0.2) is 0 Å². The Balaban J connectivity index is 2.02. The summed E-state index contributed by atoms with van der Waals surface area (Å²) in [6, 6.07) is 12.8. The number of halogens is 2. The van der Waals surface area contributed by atoms with Crippen LogP contribution in [0.1, 0.15) is 36.6 Å². The first kappa shape index (κ1) is 14.9. The standard InChI is InChI=1S/C18H19BrClN/c1-11-15(19)5-4-6-16(11)21-17-14-9-13(20)8-7-12(14)10-18(17,2)3/h4-9,17,21H,10H2,1-3H3. The molecule has 0 amide bonds. The van der Waals surface area contributed by atoms with E-state index in [1.807, 2.05) is 6.07 Å². The van der Waals surface area contributed by atoms with Gasteiger partial charge in [-0.2, -0.15) is 0 Å². The molecule has 1 N–H and O–H groups in total. The number of hydrogen-bond acceptors (Lipinski definition) is 1. The minimum Gasteiger partial charge on any atom is -0.377 e. The molecule has 21 heavy (non-hydrogen) atoms. The van der Waals surface area contributed by atoms with E-state index in [0.717, 1.165) is 15.9 Å². The number of benzene rings is 2. The van der Waals surface area contributed by atoms with Crippen LogP contribution >= 0.6 is 27.5 Å². The van der Waals surface area contributed by atoms with Crippen LogP contribution in [0.4, 0.5) is 5.69 Å². The number of fused-ring (bicyclic) bond motifs is 1. The van der Waals surface area contributed by atoms with E-state index in [4.69, 9.17) is 11.6 Å². The van der Waals surface area contributed by atoms with Crippen LogP contribution in [-0.4, -0.2) is 0 Å². The molecule has 0 bridgehead atoms. The second kappa shape index (κ2) is 5.33. The third-order valence-corrected chi connectivity index (χ3v) is 5.51. The van der Waals surface area contributed by atoms with Crippen molar-refractivity contribution in [1.82, 2.24) is 0 Å². The average Bonchev–Trinajstić information content (AvgIpc) is 2.66. The maximum Gasteiger partial charge on any atom is 0.0571 e. The largest absolute Gasteiger partial charge is 0.377 e. The van der Waals surface area contributed by atoms with E-state index in [-0.39, 0.29) is 11.5 Å². The highest BCUT2D eigenvalue weighted by molar-refractivity contribution is 9.10. The monoisotopic (exact) mass is 363 g/mol. The van der Waals surface area contributed by atoms with Crippen LogP contribution < -0.4 is 5.32 Å². The lowest BCUT2D eigenvalue weighted by Crippen LogP contribution is -2.24. The molecular weight excluding hydrogens is 346 g/mol. The summed E-state index contributed by atoms with van der Waals surface area (Å²) < 4.78 is 1.13. The first-order valence-corrected chi connectivity index (χ1v) is 8.35. The Kier molecular flexibility index (Phi) is 3.79. The number of anilines is 1. The Hall–Kier alpha value is -0.990. The maximum absolute atomic E-state index is 6.21. The van der Waals surface area contributed by atoms with Gasteiger partial charge in [-0.05, 0) is 59.7 Å². The third-order valence-electron chi connectivity index (χ3n) is 4.41. The predicted octanol–water partition coefficient (Wildman–Crippen LogP) is 6.15. The van der Waals surface area contributed by atoms with E-state index in [2.05, 4.69) is 72.3 Å². The van der Waals surface area contributed by atoms with Crippen molar-refractivity contribution in [1.29, 1.82) is 0 Å². The summed E-state index contributed by atoms with van der Waals surface area (Å²) in [4.78, 5) is 0. The summed E-state index contributed by atoms with van der Waals surface area (Å²) in [5, 5.41) is 4.54. The highest BCUT2D eigenvalue weighted by Gasteiger charge is 2.39. The Morgan fingerprint density at radius 2 is 2.00 bits per heavy atom. The molecule has 1 aliphatic rings. The third kappa shape index (κ3) is 2.72. The summed E-state index contributed by atoms with van der Waals surface area (Å²) >= 11 is 9.81. The van der Waals surface area contributed by atoms with Crippen molar-refractivity contribution in [3.8, 4) is 0 Å². The number of hydrogen-bond donors (Lipinski definition) is 1. The molecule has 0 aromatic heterocycles. The van der Waals surface area contributed by atoms with Gasteiger partial charge in [0.25, 0.3) is 0 Å². The van der Waals surface area contributed by atoms with E-state index in [1.54, 1.807) is 0 Å². The summed E-state index contributed by atoms with van der Waals surface area (Å²) in [5.41, 5.74) is 5.31. The van der Waals surface area contributed by atoms with Crippen molar-refractivity contribution < 1.29 is 0 Å². The fourth-order valence-electron chi connectivity index (χ4n) is 3.20. The molecule has 0 aliphatic heterocycles. The maximum atomic E-state index is 6.21. The SMILES string of the molecule is Cc1c(Br)cccc1NC1c2cc(Cl)ccc2CC1(C)C. The van der Waals surface area contributed by atoms with Gasteiger partial charge in [-0.1, -0.05) is 53.5 Å². The zero-order valence-corrected chi connectivity index (χ0v) is 14.8. The molecule has 0 radical (unpaired) electrons. The zero-order chi connectivity index (χ0) is 15.2. The Bertz CT molecular complexity index is 694. The van der Waals surface area contributed by atoms with Gasteiger partial charge in [0.2, 0.25) is 0 Å². The minimum atomic E-state index is 0.168. The first-order valence-electron chi connectivity index (χ1n) is 7.18. The predicted molar refractivity (Wildman–Crippen MR) is 94.2 cm³/mol. The van der Waals surface area contributed by atoms with Gasteiger partial charge in [0.15, 0.2) is 0 Å². The van der Waals surface area contributed by atoms with Crippen molar-refractivity contribution in [2.24, 2.45) is 5.41 Å². The number of rotatable bonds is 2. The molecule has 2 aromatic carbocycles. The summed E-state index contributed by atoms with van der Waals surface area (Å²) in [5.74, 6) is 0. The zero-order valence-electron chi connectivity index (χ0n) is 12.5. The van der Waals surface area contributed by atoms with Crippen LogP contribution in [0.25, 0.3) is 0 Å². The molecule has 2 aromatic rings. The molecule has 3 heteroatoms. The number of nitrogens with one attached hydrogen (secondary N) is 1. The molecule has 0 fully saturated rings. The lowest BCUT2D eigenvalue weighted by molar-refractivity contribution is 0.337. The molecule has 1 unspecified atom stereocenters. The van der Waals surface area contributed by atoms with Crippen LogP contribution in [0.5, 0.6) is 0 Å². The highest BCUT2D eigenvalue weighted by atomic mass is 79.9. The van der Waals surface area contributed by atoms with Crippen LogP contribution in [0, 0.1) is 12.3 Å². The molecule has 3 rings (SSSR count). The summed E-state index contributed by atoms with van der Waals surface area (Å²) in [6.07, 6.45) is 1.07. The van der Waals surface area contributed by atoms with Crippen LogP contribution in [0.3, 0.4) is 0 Å². The van der Waals surface area contributed by atoms with Gasteiger partial charge in [-0.3, -0.25) is 0 Å². The van der Waals surface area contributed by atoms with Gasteiger partial charge in [0, 0.05) is 15.2 Å². The molecule has 1 atom stereocenters. The van der Waals surface area contributed by atoms with Crippen molar-refractivity contribution >= 4 is 33.2 Å². The lowest BCUT2D eigenvalue weighted by Gasteiger charge is -2.30. The molecule has 0 saturated heterocycles. The topological polar surface area (TPSA) is 12.0 Å². The Morgan fingerprint density at radius 3 is 2.76 bits per heavy atom. The van der Waals surface area contributed by atoms with Crippen LogP contribution in [0.2, 0.25) is 5.02 Å². The van der Waals surface area contributed by atoms with Crippen LogP contribution in [-0.2, 0) is 6.42 Å². The summed E-state index contributed by atoms with van der Waals surface area (Å²) in [7, 11) is 0. The lowest BCUT2D eigenvalue weighted by atomic mass is 9.85. The van der Waals surface area contributed by atoms with Gasteiger partial charge >= 0.3 is 0 Å². The Morgan fingerprint density at radius 1 is 1.24 bits per heavy atom. The van der Waals surface area contributed by atoms with E-state index < -0.39 is 0 Å². The Labute approximate surface area is 139 Å². The quantitative estimate of drug-likeness (QED) is 0.674. The second-order valence-corrected chi connectivity index (χ2v) is 7.79. The fraction of sp³-hybridized carbons (Fsp3) is 0.333. The van der Waals surface area contributed by atoms with E-state index in [1.165, 1.54) is 22.4 Å². The minimum absolute atomic E-state index is 0.168. The molecule has 110 valence electrons. The van der Waals surface area contributed by atoms with E-state index in [0.29, 0.717) is 0 Å². The highest BCUT2D eigenvalue weighted by Crippen LogP contribution is 2.48. The summed E-state index contributed by atoms with van der Waals surface area (Å²) in [6.45, 7) is 6.75. The normalized spacial score (nSPS) is 19.4. The molecule has 1 aliphatic carbocycles. The first-order chi connectivity index (χ1) is 9.88. The van der Waals surface area contributed by atoms with E-state index >= 15 is 0 Å². The van der Waals surface area contributed by atoms with Crippen molar-refractivity contribution in [3.05, 3.63) is 62.6 Å². The van der Waals surface area contributed by atoms with Gasteiger partial charge in [0.1, 0.15) is 0 Å². The second-order valence-electron chi connectivity index (χ2n) is 6.50. The van der Waals surface area contributed by atoms with E-state index in [9.17, 15) is 0 Å². The smallest absolute Gasteiger partial charge is 0.0571 e. The van der Waals surface area contributed by atoms with Crippen LogP contribution in [0.15, 0.2) is 40.9 Å². The molecule has 0 heterocycles. The molecule has 0 saturated carbocycles. The molecule has 1 nitrogen and oxygen atoms in total. The van der Waals surface area contributed by atoms with Crippen molar-refractivity contribution in [2.45, 2.75) is 33.2 Å².